The maximum atomic E-state index is 5.46. The molecule has 4 nitrogen and oxygen atoms in total. The van der Waals surface area contributed by atoms with Gasteiger partial charge in [-0.3, -0.25) is 9.98 Å². The molecule has 1 aliphatic rings. The van der Waals surface area contributed by atoms with E-state index in [2.05, 4.69) is 16.1 Å². The predicted octanol–water partition coefficient (Wildman–Crippen LogP) is 3.38. The molecule has 1 aromatic heterocycles. The zero-order valence-corrected chi connectivity index (χ0v) is 12.7. The number of aromatic nitrogens is 1. The van der Waals surface area contributed by atoms with Crippen molar-refractivity contribution in [3.8, 4) is 11.5 Å². The van der Waals surface area contributed by atoms with Crippen molar-refractivity contribution in [1.82, 2.24) is 4.98 Å². The number of rotatable bonds is 4. The van der Waals surface area contributed by atoms with E-state index in [1.165, 1.54) is 5.57 Å². The Morgan fingerprint density at radius 1 is 1.14 bits per heavy atom. The average molecular weight is 294 g/mol. The largest absolute Gasteiger partial charge is 0.497 e. The fourth-order valence-corrected chi connectivity index (χ4v) is 2.55. The van der Waals surface area contributed by atoms with Crippen molar-refractivity contribution in [3.05, 3.63) is 59.4 Å². The minimum absolute atomic E-state index is 0.784. The van der Waals surface area contributed by atoms with Gasteiger partial charge < -0.3 is 9.47 Å². The van der Waals surface area contributed by atoms with Gasteiger partial charge in [0, 0.05) is 36.1 Å². The van der Waals surface area contributed by atoms with Crippen LogP contribution in [0.15, 0.2) is 53.3 Å². The monoisotopic (exact) mass is 294 g/mol. The van der Waals surface area contributed by atoms with Crippen LogP contribution in [0.4, 0.5) is 0 Å². The second-order valence-corrected chi connectivity index (χ2v) is 5.00. The highest BCUT2D eigenvalue weighted by atomic mass is 16.5. The lowest BCUT2D eigenvalue weighted by molar-refractivity contribution is 0.393. The van der Waals surface area contributed by atoms with Crippen LogP contribution in [0.5, 0.6) is 11.5 Å². The van der Waals surface area contributed by atoms with E-state index in [9.17, 15) is 0 Å². The summed E-state index contributed by atoms with van der Waals surface area (Å²) in [5.74, 6) is 1.58. The molecule has 0 bridgehead atoms. The average Bonchev–Trinajstić information content (AvgIpc) is 3.04. The molecule has 0 N–H and O–H groups in total. The van der Waals surface area contributed by atoms with Gasteiger partial charge in [0.2, 0.25) is 0 Å². The summed E-state index contributed by atoms with van der Waals surface area (Å²) < 4.78 is 10.7. The summed E-state index contributed by atoms with van der Waals surface area (Å²) in [5.41, 5.74) is 4.30. The molecule has 0 spiro atoms. The van der Waals surface area contributed by atoms with Crippen LogP contribution in [-0.4, -0.2) is 31.5 Å². The van der Waals surface area contributed by atoms with Gasteiger partial charge in [-0.05, 0) is 42.3 Å². The van der Waals surface area contributed by atoms with E-state index in [1.807, 2.05) is 36.5 Å². The fraction of sp³-hybridized carbons (Fsp3) is 0.222. The molecule has 0 fully saturated rings. The number of hydrogen-bond donors (Lipinski definition) is 0. The van der Waals surface area contributed by atoms with E-state index >= 15 is 0 Å². The molecule has 2 aromatic rings. The number of methoxy groups -OCH3 is 2. The number of nitrogens with zero attached hydrogens (tertiary/aromatic N) is 2. The van der Waals surface area contributed by atoms with E-state index in [0.717, 1.165) is 41.3 Å². The number of benzene rings is 1. The Balaban J connectivity index is 1.97. The molecule has 0 radical (unpaired) electrons. The summed E-state index contributed by atoms with van der Waals surface area (Å²) in [6.45, 7) is 0.814. The number of aliphatic imine (C=N–C) groups is 1. The molecule has 0 amide bonds. The first-order valence-electron chi connectivity index (χ1n) is 7.19. The van der Waals surface area contributed by atoms with Gasteiger partial charge in [0.15, 0.2) is 0 Å². The van der Waals surface area contributed by atoms with Crippen molar-refractivity contribution in [3.63, 3.8) is 0 Å². The highest BCUT2D eigenvalue weighted by molar-refractivity contribution is 6.16. The zero-order valence-electron chi connectivity index (χ0n) is 12.7. The summed E-state index contributed by atoms with van der Waals surface area (Å²) >= 11 is 0. The first-order chi connectivity index (χ1) is 10.8. The maximum Gasteiger partial charge on any atom is 0.129 e. The van der Waals surface area contributed by atoms with E-state index in [1.54, 1.807) is 20.4 Å². The normalized spacial score (nSPS) is 15.7. The van der Waals surface area contributed by atoms with Crippen molar-refractivity contribution in [1.29, 1.82) is 0 Å². The predicted molar refractivity (Wildman–Crippen MR) is 87.8 cm³/mol. The molecular formula is C18H18N2O2. The summed E-state index contributed by atoms with van der Waals surface area (Å²) in [4.78, 5) is 8.79. The van der Waals surface area contributed by atoms with E-state index in [0.29, 0.717) is 0 Å². The summed E-state index contributed by atoms with van der Waals surface area (Å²) in [6, 6.07) is 9.80. The molecule has 0 unspecified atom stereocenters. The van der Waals surface area contributed by atoms with Crippen molar-refractivity contribution in [2.75, 3.05) is 20.8 Å². The summed E-state index contributed by atoms with van der Waals surface area (Å²) in [6.07, 6.45) is 6.69. The third-order valence-electron chi connectivity index (χ3n) is 3.66. The van der Waals surface area contributed by atoms with Crippen LogP contribution in [-0.2, 0) is 0 Å². The van der Waals surface area contributed by atoms with Crippen molar-refractivity contribution in [2.24, 2.45) is 4.99 Å². The molecule has 22 heavy (non-hydrogen) atoms. The molecule has 0 saturated heterocycles. The van der Waals surface area contributed by atoms with Gasteiger partial charge in [-0.1, -0.05) is 0 Å². The highest BCUT2D eigenvalue weighted by Crippen LogP contribution is 2.29. The topological polar surface area (TPSA) is 43.7 Å². The third-order valence-corrected chi connectivity index (χ3v) is 3.66. The molecule has 0 saturated carbocycles. The molecule has 4 heteroatoms. The van der Waals surface area contributed by atoms with Gasteiger partial charge in [-0.2, -0.15) is 0 Å². The van der Waals surface area contributed by atoms with Crippen molar-refractivity contribution >= 4 is 11.8 Å². The standard InChI is InChI=1S/C18H18N2O2/c1-21-16-6-5-13(17(11-16)22-2)10-14-7-9-20-18(14)15-4-3-8-19-12-15/h3-6,8,10-12H,7,9H2,1-2H3/b14-10+. The van der Waals surface area contributed by atoms with E-state index in [-0.39, 0.29) is 0 Å². The van der Waals surface area contributed by atoms with Gasteiger partial charge in [0.25, 0.3) is 0 Å². The van der Waals surface area contributed by atoms with Gasteiger partial charge in [0.1, 0.15) is 11.5 Å². The Morgan fingerprint density at radius 2 is 2.05 bits per heavy atom. The van der Waals surface area contributed by atoms with Crippen LogP contribution in [0.1, 0.15) is 17.5 Å². The number of ether oxygens (including phenoxy) is 2. The quantitative estimate of drug-likeness (QED) is 0.868. The molecule has 112 valence electrons. The molecule has 3 rings (SSSR count). The zero-order chi connectivity index (χ0) is 15.4. The molecular weight excluding hydrogens is 276 g/mol. The summed E-state index contributed by atoms with van der Waals surface area (Å²) in [5, 5.41) is 0. The van der Waals surface area contributed by atoms with E-state index < -0.39 is 0 Å². The van der Waals surface area contributed by atoms with Crippen LogP contribution in [0, 0.1) is 0 Å². The Bertz CT molecular complexity index is 721. The second kappa shape index (κ2) is 6.43. The van der Waals surface area contributed by atoms with Gasteiger partial charge in [-0.15, -0.1) is 0 Å². The highest BCUT2D eigenvalue weighted by Gasteiger charge is 2.16. The van der Waals surface area contributed by atoms with Crippen LogP contribution in [0.3, 0.4) is 0 Å². The van der Waals surface area contributed by atoms with Crippen molar-refractivity contribution < 1.29 is 9.47 Å². The Labute approximate surface area is 130 Å². The second-order valence-electron chi connectivity index (χ2n) is 5.00. The Kier molecular flexibility index (Phi) is 4.19. The van der Waals surface area contributed by atoms with Gasteiger partial charge in [-0.25, -0.2) is 0 Å². The lowest BCUT2D eigenvalue weighted by atomic mass is 10.0. The minimum Gasteiger partial charge on any atom is -0.497 e. The van der Waals surface area contributed by atoms with Crippen LogP contribution in [0.2, 0.25) is 0 Å². The van der Waals surface area contributed by atoms with Gasteiger partial charge >= 0.3 is 0 Å². The first kappa shape index (κ1) is 14.3. The molecule has 1 aliphatic heterocycles. The lowest BCUT2D eigenvalue weighted by Crippen LogP contribution is -2.01. The minimum atomic E-state index is 0.784. The van der Waals surface area contributed by atoms with Gasteiger partial charge in [0.05, 0.1) is 19.9 Å². The fourth-order valence-electron chi connectivity index (χ4n) is 2.55. The Hall–Kier alpha value is -2.62. The smallest absolute Gasteiger partial charge is 0.129 e. The number of pyridine rings is 1. The molecule has 0 aliphatic carbocycles. The third kappa shape index (κ3) is 2.86. The number of hydrogen-bond acceptors (Lipinski definition) is 4. The first-order valence-corrected chi connectivity index (χ1v) is 7.19. The van der Waals surface area contributed by atoms with Crippen LogP contribution < -0.4 is 9.47 Å². The van der Waals surface area contributed by atoms with E-state index in [4.69, 9.17) is 9.47 Å². The molecule has 1 aromatic carbocycles. The summed E-state index contributed by atoms with van der Waals surface area (Å²) in [7, 11) is 3.32. The maximum absolute atomic E-state index is 5.46. The SMILES string of the molecule is COc1ccc(/C=C2\CCN=C2c2cccnc2)c(OC)c1. The molecule has 0 atom stereocenters. The lowest BCUT2D eigenvalue weighted by Gasteiger charge is -2.09. The Morgan fingerprint density at radius 3 is 2.77 bits per heavy atom. The van der Waals surface area contributed by atoms with Crippen LogP contribution >= 0.6 is 0 Å². The van der Waals surface area contributed by atoms with Crippen LogP contribution in [0.25, 0.3) is 6.08 Å². The van der Waals surface area contributed by atoms with Crippen molar-refractivity contribution in [2.45, 2.75) is 6.42 Å². The molecule has 2 heterocycles.